The van der Waals surface area contributed by atoms with E-state index in [0.29, 0.717) is 16.0 Å². The fourth-order valence-electron chi connectivity index (χ4n) is 3.11. The first-order chi connectivity index (χ1) is 13.0. The number of thioether (sulfide) groups is 1. The summed E-state index contributed by atoms with van der Waals surface area (Å²) in [7, 11) is -4.33. The second-order valence-electron chi connectivity index (χ2n) is 6.70. The number of benzene rings is 2. The molecule has 0 heterocycles. The number of hydrogen-bond acceptors (Lipinski definition) is 6. The lowest BCUT2D eigenvalue weighted by atomic mass is 9.97. The van der Waals surface area contributed by atoms with Gasteiger partial charge in [-0.15, -0.1) is 0 Å². The molecule has 28 heavy (non-hydrogen) atoms. The lowest BCUT2D eigenvalue weighted by Gasteiger charge is -2.14. The van der Waals surface area contributed by atoms with Crippen molar-refractivity contribution in [2.24, 2.45) is 0 Å². The third kappa shape index (κ3) is 5.50. The Morgan fingerprint density at radius 2 is 1.57 bits per heavy atom. The van der Waals surface area contributed by atoms with E-state index in [0.717, 1.165) is 34.0 Å². The van der Waals surface area contributed by atoms with Crippen LogP contribution in [0.5, 0.6) is 5.75 Å². The van der Waals surface area contributed by atoms with E-state index in [9.17, 15) is 13.2 Å². The molecule has 8 heteroatoms. The summed E-state index contributed by atoms with van der Waals surface area (Å²) in [5, 5.41) is 10.7. The molecule has 148 valence electrons. The number of hydrogen-bond donors (Lipinski definition) is 1. The molecule has 0 saturated carbocycles. The van der Waals surface area contributed by atoms with E-state index < -0.39 is 16.2 Å². The van der Waals surface area contributed by atoms with Crippen molar-refractivity contribution in [2.75, 3.05) is 0 Å². The van der Waals surface area contributed by atoms with Crippen molar-refractivity contribution in [3.8, 4) is 11.2 Å². The Hall–Kier alpha value is -2.50. The van der Waals surface area contributed by atoms with E-state index in [4.69, 9.17) is 9.44 Å². The molecule has 0 fully saturated rings. The summed E-state index contributed by atoms with van der Waals surface area (Å²) >= 11 is 0.977. The van der Waals surface area contributed by atoms with Crippen LogP contribution in [-0.4, -0.2) is 14.3 Å². The first-order valence-electron chi connectivity index (χ1n) is 8.51. The quantitative estimate of drug-likeness (QED) is 0.566. The SMILES string of the molecule is Cc1cc(C)c(CC(=O)NS(=O)(=O)Oc2c(C)cc(SC#N)cc2C)c(C)c1. The monoisotopic (exact) mass is 418 g/mol. The second-order valence-corrected chi connectivity index (χ2v) is 8.83. The zero-order valence-electron chi connectivity index (χ0n) is 16.4. The maximum Gasteiger partial charge on any atom is 0.409 e. The van der Waals surface area contributed by atoms with Gasteiger partial charge in [0.2, 0.25) is 5.91 Å². The zero-order valence-corrected chi connectivity index (χ0v) is 18.0. The third-order valence-corrected chi connectivity index (χ3v) is 5.63. The Morgan fingerprint density at radius 1 is 1.04 bits per heavy atom. The molecule has 0 aromatic heterocycles. The second kappa shape index (κ2) is 8.67. The summed E-state index contributed by atoms with van der Waals surface area (Å²) in [5.41, 5.74) is 4.86. The third-order valence-electron chi connectivity index (χ3n) is 4.21. The first-order valence-corrected chi connectivity index (χ1v) is 10.7. The Bertz CT molecular complexity index is 1020. The number of carbonyl (C=O) groups is 1. The molecule has 2 rings (SSSR count). The van der Waals surface area contributed by atoms with E-state index in [1.54, 1.807) is 26.0 Å². The topological polar surface area (TPSA) is 96.3 Å². The molecule has 0 aliphatic heterocycles. The lowest BCUT2D eigenvalue weighted by Crippen LogP contribution is -2.35. The van der Waals surface area contributed by atoms with Crippen LogP contribution in [0, 0.1) is 45.3 Å². The van der Waals surface area contributed by atoms with Crippen molar-refractivity contribution in [1.29, 1.82) is 5.26 Å². The summed E-state index contributed by atoms with van der Waals surface area (Å²) in [6.07, 6.45) is -0.0593. The largest absolute Gasteiger partial charge is 0.409 e. The van der Waals surface area contributed by atoms with Crippen molar-refractivity contribution in [1.82, 2.24) is 4.72 Å². The molecule has 1 N–H and O–H groups in total. The van der Waals surface area contributed by atoms with Gasteiger partial charge < -0.3 is 4.18 Å². The Balaban J connectivity index is 2.17. The predicted molar refractivity (Wildman–Crippen MR) is 109 cm³/mol. The molecule has 2 aromatic carbocycles. The van der Waals surface area contributed by atoms with Crippen molar-refractivity contribution in [2.45, 2.75) is 45.9 Å². The highest BCUT2D eigenvalue weighted by molar-refractivity contribution is 8.03. The number of thiocyanates is 1. The highest BCUT2D eigenvalue weighted by Crippen LogP contribution is 2.30. The van der Waals surface area contributed by atoms with Gasteiger partial charge in [-0.1, -0.05) is 17.7 Å². The summed E-state index contributed by atoms with van der Waals surface area (Å²) < 4.78 is 31.8. The van der Waals surface area contributed by atoms with Gasteiger partial charge in [0.1, 0.15) is 11.2 Å². The van der Waals surface area contributed by atoms with Gasteiger partial charge in [0.25, 0.3) is 0 Å². The summed E-state index contributed by atoms with van der Waals surface area (Å²) in [5.74, 6) is -0.521. The average molecular weight is 419 g/mol. The standard InChI is InChI=1S/C20H22N2O4S2/c1-12-6-13(2)18(14(3)7-12)10-19(23)22-28(24,25)26-20-15(4)8-17(27-11-21)9-16(20)5/h6-9H,10H2,1-5H3,(H,22,23). The number of nitrogens with zero attached hydrogens (tertiary/aromatic N) is 1. The van der Waals surface area contributed by atoms with Gasteiger partial charge >= 0.3 is 10.3 Å². The normalized spacial score (nSPS) is 11.0. The molecule has 6 nitrogen and oxygen atoms in total. The van der Waals surface area contributed by atoms with Crippen LogP contribution in [0.1, 0.15) is 33.4 Å². The molecular formula is C20H22N2O4S2. The predicted octanol–water partition coefficient (Wildman–Crippen LogP) is 3.78. The number of amides is 1. The number of carbonyl (C=O) groups excluding carboxylic acids is 1. The molecule has 0 saturated heterocycles. The Labute approximate surface area is 170 Å². The van der Waals surface area contributed by atoms with Gasteiger partial charge in [-0.05, 0) is 86.3 Å². The van der Waals surface area contributed by atoms with E-state index in [2.05, 4.69) is 0 Å². The molecule has 0 bridgehead atoms. The molecule has 0 unspecified atom stereocenters. The van der Waals surface area contributed by atoms with Gasteiger partial charge in [-0.2, -0.15) is 13.7 Å². The first kappa shape index (κ1) is 21.8. The van der Waals surface area contributed by atoms with Crippen molar-refractivity contribution >= 4 is 28.0 Å². The van der Waals surface area contributed by atoms with E-state index in [-0.39, 0.29) is 12.2 Å². The van der Waals surface area contributed by atoms with E-state index in [1.165, 1.54) is 0 Å². The van der Waals surface area contributed by atoms with Crippen molar-refractivity contribution < 1.29 is 17.4 Å². The van der Waals surface area contributed by atoms with Crippen LogP contribution in [0.4, 0.5) is 0 Å². The molecule has 2 aromatic rings. The molecular weight excluding hydrogens is 396 g/mol. The van der Waals surface area contributed by atoms with Crippen molar-refractivity contribution in [3.05, 3.63) is 57.6 Å². The smallest absolute Gasteiger partial charge is 0.366 e. The lowest BCUT2D eigenvalue weighted by molar-refractivity contribution is -0.118. The van der Waals surface area contributed by atoms with Crippen LogP contribution in [0.25, 0.3) is 0 Å². The van der Waals surface area contributed by atoms with Crippen LogP contribution in [0.2, 0.25) is 0 Å². The Kier molecular flexibility index (Phi) is 6.75. The minimum Gasteiger partial charge on any atom is -0.366 e. The van der Waals surface area contributed by atoms with Gasteiger partial charge in [0.05, 0.1) is 6.42 Å². The summed E-state index contributed by atoms with van der Waals surface area (Å²) in [6, 6.07) is 7.22. The number of nitriles is 1. The fourth-order valence-corrected chi connectivity index (χ4v) is 4.56. The van der Waals surface area contributed by atoms with Crippen LogP contribution >= 0.6 is 11.8 Å². The fraction of sp³-hybridized carbons (Fsp3) is 0.300. The molecule has 0 aliphatic rings. The van der Waals surface area contributed by atoms with Crippen LogP contribution in [0.3, 0.4) is 0 Å². The average Bonchev–Trinajstić information content (AvgIpc) is 2.54. The molecule has 1 amide bonds. The molecule has 0 spiro atoms. The van der Waals surface area contributed by atoms with E-state index >= 15 is 0 Å². The molecule has 0 atom stereocenters. The van der Waals surface area contributed by atoms with Crippen LogP contribution in [0.15, 0.2) is 29.2 Å². The minimum atomic E-state index is -4.33. The summed E-state index contributed by atoms with van der Waals surface area (Å²) in [4.78, 5) is 13.0. The van der Waals surface area contributed by atoms with E-state index in [1.807, 2.05) is 43.0 Å². The van der Waals surface area contributed by atoms with Crippen molar-refractivity contribution in [3.63, 3.8) is 0 Å². The number of nitrogens with one attached hydrogen (secondary N) is 1. The van der Waals surface area contributed by atoms with Gasteiger partial charge in [0, 0.05) is 4.90 Å². The minimum absolute atomic E-state index is 0.0593. The van der Waals surface area contributed by atoms with Gasteiger partial charge in [0.15, 0.2) is 0 Å². The number of rotatable bonds is 6. The highest BCUT2D eigenvalue weighted by atomic mass is 32.2. The van der Waals surface area contributed by atoms with Gasteiger partial charge in [-0.3, -0.25) is 4.79 Å². The molecule has 0 aliphatic carbocycles. The Morgan fingerprint density at radius 3 is 2.07 bits per heavy atom. The zero-order chi connectivity index (χ0) is 21.1. The number of aryl methyl sites for hydroxylation is 5. The maximum atomic E-state index is 12.3. The molecule has 0 radical (unpaired) electrons. The van der Waals surface area contributed by atoms with Crippen LogP contribution < -0.4 is 8.91 Å². The summed E-state index contributed by atoms with van der Waals surface area (Å²) in [6.45, 7) is 9.11. The van der Waals surface area contributed by atoms with Gasteiger partial charge in [-0.25, -0.2) is 4.72 Å². The van der Waals surface area contributed by atoms with Crippen LogP contribution in [-0.2, 0) is 21.5 Å². The highest BCUT2D eigenvalue weighted by Gasteiger charge is 2.21. The maximum absolute atomic E-state index is 12.3.